The molecule has 0 saturated carbocycles. The van der Waals surface area contributed by atoms with Gasteiger partial charge >= 0.3 is 0 Å². The first-order chi connectivity index (χ1) is 13.6. The quantitative estimate of drug-likeness (QED) is 0.772. The summed E-state index contributed by atoms with van der Waals surface area (Å²) in [6.45, 7) is 5.36. The third-order valence-electron chi connectivity index (χ3n) is 5.90. The van der Waals surface area contributed by atoms with Gasteiger partial charge in [0.05, 0.1) is 18.0 Å². The van der Waals surface area contributed by atoms with Gasteiger partial charge in [-0.15, -0.1) is 0 Å². The van der Waals surface area contributed by atoms with E-state index in [0.717, 1.165) is 56.9 Å². The fourth-order valence-electron chi connectivity index (χ4n) is 4.41. The first-order valence-electron chi connectivity index (χ1n) is 9.88. The predicted molar refractivity (Wildman–Crippen MR) is 102 cm³/mol. The largest absolute Gasteiger partial charge is 0.380 e. The van der Waals surface area contributed by atoms with Crippen molar-refractivity contribution in [3.05, 3.63) is 41.8 Å². The average molecular weight is 385 g/mol. The van der Waals surface area contributed by atoms with Gasteiger partial charge in [0, 0.05) is 70.1 Å². The van der Waals surface area contributed by atoms with Crippen molar-refractivity contribution in [1.29, 1.82) is 0 Å². The number of nitrogens with zero attached hydrogens (tertiary/aromatic N) is 5. The van der Waals surface area contributed by atoms with Crippen LogP contribution >= 0.6 is 0 Å². The molecule has 2 saturated heterocycles. The van der Waals surface area contributed by atoms with Crippen molar-refractivity contribution < 1.29 is 14.1 Å². The lowest BCUT2D eigenvalue weighted by Gasteiger charge is -2.36. The number of hydrogen-bond acceptors (Lipinski definition) is 7. The Bertz CT molecular complexity index is 788. The first-order valence-corrected chi connectivity index (χ1v) is 9.88. The fourth-order valence-corrected chi connectivity index (χ4v) is 4.41. The number of carbonyl (C=O) groups is 1. The molecule has 0 aromatic carbocycles. The lowest BCUT2D eigenvalue weighted by Crippen LogP contribution is -2.46. The number of rotatable bonds is 5. The van der Waals surface area contributed by atoms with Crippen LogP contribution in [0.15, 0.2) is 29.2 Å². The van der Waals surface area contributed by atoms with E-state index in [-0.39, 0.29) is 12.0 Å². The number of hydrogen-bond donors (Lipinski definition) is 0. The minimum absolute atomic E-state index is 0.0266. The van der Waals surface area contributed by atoms with Gasteiger partial charge in [-0.25, -0.2) is 4.98 Å². The van der Waals surface area contributed by atoms with Gasteiger partial charge in [0.15, 0.2) is 0 Å². The van der Waals surface area contributed by atoms with E-state index in [1.807, 2.05) is 17.9 Å². The standard InChI is InChI=1S/C20H27N5O3/c1-14-9-17(28-23-14)10-15-12-25(13-19(15)27-2)16-3-7-24(8-4-16)20(26)18-11-21-5-6-22-18/h5-6,9,11,15-16,19H,3-4,7-8,10,12-13H2,1-2H3/t15-,19+/m1/s1. The van der Waals surface area contributed by atoms with Gasteiger partial charge in [-0.3, -0.25) is 14.7 Å². The van der Waals surface area contributed by atoms with Crippen LogP contribution in [-0.2, 0) is 11.2 Å². The van der Waals surface area contributed by atoms with Gasteiger partial charge in [0.25, 0.3) is 5.91 Å². The van der Waals surface area contributed by atoms with Crippen LogP contribution in [0.2, 0.25) is 0 Å². The maximum Gasteiger partial charge on any atom is 0.274 e. The monoisotopic (exact) mass is 385 g/mol. The zero-order valence-electron chi connectivity index (χ0n) is 16.5. The van der Waals surface area contributed by atoms with E-state index in [2.05, 4.69) is 20.0 Å². The summed E-state index contributed by atoms with van der Waals surface area (Å²) in [5.41, 5.74) is 1.34. The molecule has 0 N–H and O–H groups in total. The maximum atomic E-state index is 12.6. The minimum Gasteiger partial charge on any atom is -0.380 e. The number of aryl methyl sites for hydroxylation is 1. The van der Waals surface area contributed by atoms with E-state index in [4.69, 9.17) is 9.26 Å². The second kappa shape index (κ2) is 8.36. The van der Waals surface area contributed by atoms with Crippen LogP contribution in [0.4, 0.5) is 0 Å². The van der Waals surface area contributed by atoms with Crippen LogP contribution in [0.5, 0.6) is 0 Å². The summed E-state index contributed by atoms with van der Waals surface area (Å²) in [5.74, 6) is 1.30. The van der Waals surface area contributed by atoms with Crippen molar-refractivity contribution >= 4 is 5.91 Å². The summed E-state index contributed by atoms with van der Waals surface area (Å²) in [5, 5.41) is 3.99. The molecule has 4 heterocycles. The number of piperidine rings is 1. The Morgan fingerprint density at radius 3 is 2.75 bits per heavy atom. The molecule has 28 heavy (non-hydrogen) atoms. The van der Waals surface area contributed by atoms with Crippen molar-refractivity contribution in [1.82, 2.24) is 24.9 Å². The molecular weight excluding hydrogens is 358 g/mol. The lowest BCUT2D eigenvalue weighted by atomic mass is 10.00. The second-order valence-electron chi connectivity index (χ2n) is 7.74. The van der Waals surface area contributed by atoms with Crippen LogP contribution in [0.1, 0.15) is 34.8 Å². The third kappa shape index (κ3) is 4.07. The van der Waals surface area contributed by atoms with Gasteiger partial charge in [0.1, 0.15) is 11.5 Å². The molecule has 1 amide bonds. The number of carbonyl (C=O) groups excluding carboxylic acids is 1. The van der Waals surface area contributed by atoms with E-state index in [0.29, 0.717) is 17.7 Å². The number of methoxy groups -OCH3 is 1. The van der Waals surface area contributed by atoms with E-state index < -0.39 is 0 Å². The van der Waals surface area contributed by atoms with Crippen molar-refractivity contribution in [2.24, 2.45) is 5.92 Å². The molecule has 0 radical (unpaired) electrons. The molecule has 0 spiro atoms. The van der Waals surface area contributed by atoms with E-state index in [1.54, 1.807) is 19.5 Å². The average Bonchev–Trinajstić information content (AvgIpc) is 3.34. The van der Waals surface area contributed by atoms with Gasteiger partial charge in [0.2, 0.25) is 0 Å². The molecule has 8 heteroatoms. The molecule has 2 aromatic heterocycles. The number of likely N-dealkylation sites (tertiary alicyclic amines) is 2. The fraction of sp³-hybridized carbons (Fsp3) is 0.600. The Kier molecular flexibility index (Phi) is 5.68. The summed E-state index contributed by atoms with van der Waals surface area (Å²) >= 11 is 0. The molecule has 2 aliphatic heterocycles. The van der Waals surface area contributed by atoms with Crippen LogP contribution < -0.4 is 0 Å². The maximum absolute atomic E-state index is 12.6. The van der Waals surface area contributed by atoms with E-state index in [1.165, 1.54) is 6.20 Å². The zero-order valence-corrected chi connectivity index (χ0v) is 16.5. The predicted octanol–water partition coefficient (Wildman–Crippen LogP) is 1.57. The molecule has 150 valence electrons. The molecule has 2 aromatic rings. The Morgan fingerprint density at radius 1 is 1.29 bits per heavy atom. The van der Waals surface area contributed by atoms with Crippen molar-refractivity contribution in [3.63, 3.8) is 0 Å². The van der Waals surface area contributed by atoms with Gasteiger partial charge in [-0.2, -0.15) is 0 Å². The number of aromatic nitrogens is 3. The molecule has 2 atom stereocenters. The van der Waals surface area contributed by atoms with Crippen molar-refractivity contribution in [3.8, 4) is 0 Å². The summed E-state index contributed by atoms with van der Waals surface area (Å²) in [7, 11) is 1.79. The highest BCUT2D eigenvalue weighted by atomic mass is 16.5. The lowest BCUT2D eigenvalue weighted by molar-refractivity contribution is 0.0578. The minimum atomic E-state index is -0.0266. The topological polar surface area (TPSA) is 84.6 Å². The zero-order chi connectivity index (χ0) is 19.5. The van der Waals surface area contributed by atoms with Gasteiger partial charge in [-0.1, -0.05) is 5.16 Å². The van der Waals surface area contributed by atoms with Crippen LogP contribution in [0, 0.1) is 12.8 Å². The molecule has 2 aliphatic rings. The molecule has 0 aliphatic carbocycles. The Morgan fingerprint density at radius 2 is 2.11 bits per heavy atom. The SMILES string of the molecule is CO[C@H]1CN(C2CCN(C(=O)c3cnccn3)CC2)C[C@H]1Cc1cc(C)no1. The Hall–Kier alpha value is -2.32. The van der Waals surface area contributed by atoms with E-state index in [9.17, 15) is 4.79 Å². The molecule has 2 fully saturated rings. The first kappa shape index (κ1) is 19.0. The summed E-state index contributed by atoms with van der Waals surface area (Å²) in [4.78, 5) is 25.1. The van der Waals surface area contributed by atoms with Crippen LogP contribution in [0.25, 0.3) is 0 Å². The smallest absolute Gasteiger partial charge is 0.274 e. The van der Waals surface area contributed by atoms with Crippen LogP contribution in [-0.4, -0.2) is 76.3 Å². The third-order valence-corrected chi connectivity index (χ3v) is 5.90. The molecule has 4 rings (SSSR count). The highest BCUT2D eigenvalue weighted by Crippen LogP contribution is 2.29. The normalized spacial score (nSPS) is 24.0. The van der Waals surface area contributed by atoms with E-state index >= 15 is 0 Å². The van der Waals surface area contributed by atoms with Crippen molar-refractivity contribution in [2.75, 3.05) is 33.3 Å². The van der Waals surface area contributed by atoms with Gasteiger partial charge < -0.3 is 14.2 Å². The molecule has 8 nitrogen and oxygen atoms in total. The molecular formula is C20H27N5O3. The van der Waals surface area contributed by atoms with Crippen molar-refractivity contribution in [2.45, 2.75) is 38.3 Å². The highest BCUT2D eigenvalue weighted by molar-refractivity contribution is 5.92. The summed E-state index contributed by atoms with van der Waals surface area (Å²) in [6, 6.07) is 2.48. The number of amides is 1. The van der Waals surface area contributed by atoms with Gasteiger partial charge in [-0.05, 0) is 19.8 Å². The Labute approximate surface area is 164 Å². The van der Waals surface area contributed by atoms with Crippen LogP contribution in [0.3, 0.4) is 0 Å². The molecule has 0 unspecified atom stereocenters. The summed E-state index contributed by atoms with van der Waals surface area (Å²) < 4.78 is 11.2. The number of ether oxygens (including phenoxy) is 1. The second-order valence-corrected chi connectivity index (χ2v) is 7.74. The highest BCUT2D eigenvalue weighted by Gasteiger charge is 2.38. The molecule has 0 bridgehead atoms. The Balaban J connectivity index is 1.32. The summed E-state index contributed by atoms with van der Waals surface area (Å²) in [6.07, 6.45) is 7.66.